The number of amides is 1. The van der Waals surface area contributed by atoms with Gasteiger partial charge >= 0.3 is 0 Å². The number of nitrogens with two attached hydrogens (primary N) is 1. The van der Waals surface area contributed by atoms with E-state index >= 15 is 0 Å². The summed E-state index contributed by atoms with van der Waals surface area (Å²) < 4.78 is 0. The van der Waals surface area contributed by atoms with Gasteiger partial charge in [-0.05, 0) is 30.7 Å². The summed E-state index contributed by atoms with van der Waals surface area (Å²) in [7, 11) is 0. The third-order valence-corrected chi connectivity index (χ3v) is 3.06. The number of hydrogen-bond acceptors (Lipinski definition) is 2. The molecular weight excluding hydrogens is 224 g/mol. The lowest BCUT2D eigenvalue weighted by molar-refractivity contribution is -0.123. The predicted molar refractivity (Wildman–Crippen MR) is 75.2 cm³/mol. The first kappa shape index (κ1) is 14.7. The molecule has 100 valence electrons. The summed E-state index contributed by atoms with van der Waals surface area (Å²) in [5, 5.41) is 2.89. The second-order valence-corrected chi connectivity index (χ2v) is 5.00. The van der Waals surface area contributed by atoms with Crippen molar-refractivity contribution in [3.63, 3.8) is 0 Å². The number of aryl methyl sites for hydroxylation is 1. The lowest BCUT2D eigenvalue weighted by Gasteiger charge is -2.15. The van der Waals surface area contributed by atoms with Gasteiger partial charge in [0.25, 0.3) is 0 Å². The molecule has 0 spiro atoms. The van der Waals surface area contributed by atoms with Crippen molar-refractivity contribution in [1.82, 2.24) is 5.32 Å². The predicted octanol–water partition coefficient (Wildman–Crippen LogP) is 2.11. The summed E-state index contributed by atoms with van der Waals surface area (Å²) in [4.78, 5) is 11.6. The molecule has 3 nitrogen and oxygen atoms in total. The van der Waals surface area contributed by atoms with Crippen LogP contribution < -0.4 is 11.1 Å². The van der Waals surface area contributed by atoms with Crippen molar-refractivity contribution in [1.29, 1.82) is 0 Å². The van der Waals surface area contributed by atoms with E-state index in [2.05, 4.69) is 29.6 Å². The number of benzene rings is 1. The van der Waals surface area contributed by atoms with Gasteiger partial charge in [0.15, 0.2) is 0 Å². The molecule has 0 radical (unpaired) electrons. The van der Waals surface area contributed by atoms with E-state index in [0.717, 1.165) is 19.3 Å². The van der Waals surface area contributed by atoms with Gasteiger partial charge in [-0.15, -0.1) is 0 Å². The third kappa shape index (κ3) is 5.32. The highest BCUT2D eigenvalue weighted by molar-refractivity contribution is 5.81. The average molecular weight is 248 g/mol. The number of hydrogen-bond donors (Lipinski definition) is 2. The highest BCUT2D eigenvalue weighted by Crippen LogP contribution is 2.04. The Balaban J connectivity index is 2.11. The number of carbonyl (C=O) groups is 1. The van der Waals surface area contributed by atoms with Gasteiger partial charge in [-0.1, -0.05) is 44.2 Å². The van der Waals surface area contributed by atoms with Crippen molar-refractivity contribution < 1.29 is 4.79 Å². The minimum atomic E-state index is -0.390. The van der Waals surface area contributed by atoms with Gasteiger partial charge in [0.1, 0.15) is 0 Å². The highest BCUT2D eigenvalue weighted by atomic mass is 16.2. The number of unbranched alkanes of at least 4 members (excludes halogenated alkanes) is 1. The zero-order chi connectivity index (χ0) is 13.4. The summed E-state index contributed by atoms with van der Waals surface area (Å²) in [5.41, 5.74) is 7.10. The van der Waals surface area contributed by atoms with Gasteiger partial charge in [-0.3, -0.25) is 4.79 Å². The summed E-state index contributed by atoms with van der Waals surface area (Å²) >= 11 is 0. The zero-order valence-electron chi connectivity index (χ0n) is 11.4. The van der Waals surface area contributed by atoms with Gasteiger partial charge in [0.2, 0.25) is 5.91 Å². The minimum absolute atomic E-state index is 0.0373. The molecule has 0 saturated heterocycles. The molecule has 0 aromatic heterocycles. The Hall–Kier alpha value is -1.35. The maximum Gasteiger partial charge on any atom is 0.237 e. The monoisotopic (exact) mass is 248 g/mol. The average Bonchev–Trinajstić information content (AvgIpc) is 2.38. The molecule has 0 aliphatic rings. The van der Waals surface area contributed by atoms with E-state index in [9.17, 15) is 4.79 Å². The molecule has 1 aromatic rings. The summed E-state index contributed by atoms with van der Waals surface area (Å²) in [6.07, 6.45) is 3.14. The van der Waals surface area contributed by atoms with Crippen LogP contribution in [-0.2, 0) is 11.2 Å². The van der Waals surface area contributed by atoms with Crippen molar-refractivity contribution >= 4 is 5.91 Å². The normalized spacial score (nSPS) is 12.4. The SMILES string of the molecule is CC(C)[C@@H](N)C(=O)NCCCCc1ccccc1. The Morgan fingerprint density at radius 1 is 1.22 bits per heavy atom. The van der Waals surface area contributed by atoms with Gasteiger partial charge in [-0.2, -0.15) is 0 Å². The van der Waals surface area contributed by atoms with Crippen LogP contribution in [0.25, 0.3) is 0 Å². The Bertz CT molecular complexity index is 349. The molecule has 0 aliphatic carbocycles. The Morgan fingerprint density at radius 2 is 1.89 bits per heavy atom. The van der Waals surface area contributed by atoms with Crippen molar-refractivity contribution in [2.24, 2.45) is 11.7 Å². The number of rotatable bonds is 7. The first-order valence-corrected chi connectivity index (χ1v) is 6.68. The van der Waals surface area contributed by atoms with Gasteiger partial charge in [0.05, 0.1) is 6.04 Å². The fraction of sp³-hybridized carbons (Fsp3) is 0.533. The minimum Gasteiger partial charge on any atom is -0.355 e. The Morgan fingerprint density at radius 3 is 2.50 bits per heavy atom. The van der Waals surface area contributed by atoms with Crippen molar-refractivity contribution in [2.45, 2.75) is 39.2 Å². The van der Waals surface area contributed by atoms with Crippen molar-refractivity contribution in [2.75, 3.05) is 6.54 Å². The second-order valence-electron chi connectivity index (χ2n) is 5.00. The topological polar surface area (TPSA) is 55.1 Å². The van der Waals surface area contributed by atoms with E-state index in [1.165, 1.54) is 5.56 Å². The van der Waals surface area contributed by atoms with Crippen LogP contribution in [0.1, 0.15) is 32.3 Å². The van der Waals surface area contributed by atoms with Crippen LogP contribution in [0.3, 0.4) is 0 Å². The van der Waals surface area contributed by atoms with E-state index < -0.39 is 0 Å². The molecule has 3 N–H and O–H groups in total. The van der Waals surface area contributed by atoms with E-state index in [-0.39, 0.29) is 17.9 Å². The van der Waals surface area contributed by atoms with E-state index in [0.29, 0.717) is 6.54 Å². The van der Waals surface area contributed by atoms with E-state index in [1.807, 2.05) is 19.9 Å². The smallest absolute Gasteiger partial charge is 0.237 e. The highest BCUT2D eigenvalue weighted by Gasteiger charge is 2.15. The van der Waals surface area contributed by atoms with Crippen LogP contribution in [0.4, 0.5) is 0 Å². The summed E-state index contributed by atoms with van der Waals surface area (Å²) in [5.74, 6) is 0.152. The lowest BCUT2D eigenvalue weighted by Crippen LogP contribution is -2.44. The van der Waals surface area contributed by atoms with Gasteiger partial charge in [0, 0.05) is 6.54 Å². The lowest BCUT2D eigenvalue weighted by atomic mass is 10.0. The standard InChI is InChI=1S/C15H24N2O/c1-12(2)14(16)15(18)17-11-7-6-10-13-8-4-3-5-9-13/h3-5,8-9,12,14H,6-7,10-11,16H2,1-2H3,(H,17,18)/t14-/m1/s1. The molecule has 0 unspecified atom stereocenters. The molecule has 0 fully saturated rings. The zero-order valence-corrected chi connectivity index (χ0v) is 11.4. The first-order valence-electron chi connectivity index (χ1n) is 6.68. The molecule has 1 amide bonds. The van der Waals surface area contributed by atoms with Crippen molar-refractivity contribution in [3.05, 3.63) is 35.9 Å². The maximum atomic E-state index is 11.6. The molecule has 0 aliphatic heterocycles. The molecule has 0 bridgehead atoms. The fourth-order valence-electron chi connectivity index (χ4n) is 1.73. The van der Waals surface area contributed by atoms with Crippen LogP contribution in [0.15, 0.2) is 30.3 Å². The summed E-state index contributed by atoms with van der Waals surface area (Å²) in [6.45, 7) is 4.63. The fourth-order valence-corrected chi connectivity index (χ4v) is 1.73. The van der Waals surface area contributed by atoms with Crippen molar-refractivity contribution in [3.8, 4) is 0 Å². The quantitative estimate of drug-likeness (QED) is 0.726. The Kier molecular flexibility index (Phi) is 6.44. The van der Waals surface area contributed by atoms with E-state index in [4.69, 9.17) is 5.73 Å². The van der Waals surface area contributed by atoms with Crippen LogP contribution in [0, 0.1) is 5.92 Å². The Labute approximate surface area is 110 Å². The molecule has 1 rings (SSSR count). The van der Waals surface area contributed by atoms with Gasteiger partial charge in [-0.25, -0.2) is 0 Å². The second kappa shape index (κ2) is 7.88. The molecule has 18 heavy (non-hydrogen) atoms. The van der Waals surface area contributed by atoms with Crippen LogP contribution in [-0.4, -0.2) is 18.5 Å². The van der Waals surface area contributed by atoms with Crippen LogP contribution in [0.2, 0.25) is 0 Å². The molecule has 0 saturated carbocycles. The molecule has 1 aromatic carbocycles. The largest absolute Gasteiger partial charge is 0.355 e. The third-order valence-electron chi connectivity index (χ3n) is 3.06. The molecule has 3 heteroatoms. The van der Waals surface area contributed by atoms with E-state index in [1.54, 1.807) is 0 Å². The van der Waals surface area contributed by atoms with Gasteiger partial charge < -0.3 is 11.1 Å². The summed E-state index contributed by atoms with van der Waals surface area (Å²) in [6, 6.07) is 10.0. The van der Waals surface area contributed by atoms with Crippen LogP contribution >= 0.6 is 0 Å². The maximum absolute atomic E-state index is 11.6. The number of nitrogens with one attached hydrogen (secondary N) is 1. The molecule has 1 atom stereocenters. The molecular formula is C15H24N2O. The number of carbonyl (C=O) groups excluding carboxylic acids is 1. The molecule has 0 heterocycles. The van der Waals surface area contributed by atoms with Crippen LogP contribution in [0.5, 0.6) is 0 Å². The first-order chi connectivity index (χ1) is 8.61.